The van der Waals surface area contributed by atoms with Gasteiger partial charge in [0.2, 0.25) is 0 Å². The van der Waals surface area contributed by atoms with Crippen molar-refractivity contribution in [1.82, 2.24) is 15.0 Å². The molecule has 2 heterocycles. The smallest absolute Gasteiger partial charge is 0.142 e. The molecule has 0 radical (unpaired) electrons. The molecule has 1 fully saturated rings. The Balaban J connectivity index is 1.80. The summed E-state index contributed by atoms with van der Waals surface area (Å²) in [7, 11) is 2.11. The minimum absolute atomic E-state index is 0.325. The number of fused-ring (bicyclic) bond motifs is 1. The first-order valence-corrected chi connectivity index (χ1v) is 6.91. The number of aliphatic hydroxyl groups is 1. The minimum Gasteiger partial charge on any atom is -0.396 e. The maximum atomic E-state index is 9.21. The van der Waals surface area contributed by atoms with Gasteiger partial charge in [0, 0.05) is 25.9 Å². The highest BCUT2D eigenvalue weighted by Crippen LogP contribution is 2.30. The van der Waals surface area contributed by atoms with Gasteiger partial charge in [0.25, 0.3) is 0 Å². The van der Waals surface area contributed by atoms with Crippen LogP contribution >= 0.6 is 0 Å². The second-order valence-corrected chi connectivity index (χ2v) is 5.41. The average molecular weight is 260 g/mol. The van der Waals surface area contributed by atoms with Crippen LogP contribution in [-0.2, 0) is 0 Å². The third kappa shape index (κ3) is 2.30. The minimum atomic E-state index is 0.325. The fourth-order valence-electron chi connectivity index (χ4n) is 3.03. The summed E-state index contributed by atoms with van der Waals surface area (Å²) in [6, 6.07) is 2.54. The van der Waals surface area contributed by atoms with Crippen molar-refractivity contribution in [1.29, 1.82) is 0 Å². The second kappa shape index (κ2) is 5.17. The molecule has 19 heavy (non-hydrogen) atoms. The third-order valence-corrected chi connectivity index (χ3v) is 4.29. The van der Waals surface area contributed by atoms with Gasteiger partial charge >= 0.3 is 0 Å². The summed E-state index contributed by atoms with van der Waals surface area (Å²) in [6.07, 6.45) is 7.97. The van der Waals surface area contributed by atoms with Crippen molar-refractivity contribution < 1.29 is 5.11 Å². The first-order valence-electron chi connectivity index (χ1n) is 6.91. The number of hydrogen-bond acceptors (Lipinski definition) is 4. The van der Waals surface area contributed by atoms with Gasteiger partial charge < -0.3 is 15.0 Å². The highest BCUT2D eigenvalue weighted by Gasteiger charge is 2.25. The number of H-pyrrole nitrogens is 1. The van der Waals surface area contributed by atoms with E-state index in [1.807, 2.05) is 12.3 Å². The number of aromatic amines is 1. The van der Waals surface area contributed by atoms with Crippen molar-refractivity contribution in [3.63, 3.8) is 0 Å². The van der Waals surface area contributed by atoms with Gasteiger partial charge in [0.05, 0.1) is 5.39 Å². The first-order chi connectivity index (χ1) is 9.29. The Hall–Kier alpha value is -1.62. The average Bonchev–Trinajstić information content (AvgIpc) is 2.95. The highest BCUT2D eigenvalue weighted by atomic mass is 16.3. The molecule has 0 aromatic carbocycles. The van der Waals surface area contributed by atoms with E-state index in [1.165, 1.54) is 0 Å². The van der Waals surface area contributed by atoms with Crippen LogP contribution in [0, 0.1) is 5.92 Å². The van der Waals surface area contributed by atoms with Crippen molar-refractivity contribution >= 4 is 16.9 Å². The molecule has 0 atom stereocenters. The van der Waals surface area contributed by atoms with E-state index in [-0.39, 0.29) is 0 Å². The summed E-state index contributed by atoms with van der Waals surface area (Å²) in [4.78, 5) is 14.1. The van der Waals surface area contributed by atoms with Crippen molar-refractivity contribution in [3.8, 4) is 0 Å². The quantitative estimate of drug-likeness (QED) is 0.885. The molecule has 2 N–H and O–H groups in total. The van der Waals surface area contributed by atoms with Crippen molar-refractivity contribution in [2.75, 3.05) is 18.6 Å². The van der Waals surface area contributed by atoms with Crippen LogP contribution < -0.4 is 4.90 Å². The molecule has 5 nitrogen and oxygen atoms in total. The van der Waals surface area contributed by atoms with E-state index < -0.39 is 0 Å². The molecular weight excluding hydrogens is 240 g/mol. The molecular formula is C14H20N4O. The molecule has 2 aromatic rings. The molecule has 5 heteroatoms. The summed E-state index contributed by atoms with van der Waals surface area (Å²) in [5.41, 5.74) is 0.890. The highest BCUT2D eigenvalue weighted by molar-refractivity contribution is 5.87. The SMILES string of the molecule is CN(c1ncnc2[nH]ccc12)[C@H]1CC[C@H](CO)CC1. The zero-order chi connectivity index (χ0) is 13.2. The zero-order valence-electron chi connectivity index (χ0n) is 11.2. The van der Waals surface area contributed by atoms with E-state index in [4.69, 9.17) is 0 Å². The lowest BCUT2D eigenvalue weighted by Crippen LogP contribution is -2.36. The fraction of sp³-hybridized carbons (Fsp3) is 0.571. The van der Waals surface area contributed by atoms with E-state index in [0.717, 1.165) is 42.5 Å². The van der Waals surface area contributed by atoms with Crippen molar-refractivity contribution in [3.05, 3.63) is 18.6 Å². The van der Waals surface area contributed by atoms with Gasteiger partial charge in [-0.1, -0.05) is 0 Å². The van der Waals surface area contributed by atoms with Crippen LogP contribution in [0.1, 0.15) is 25.7 Å². The molecule has 1 aliphatic carbocycles. The Morgan fingerprint density at radius 3 is 2.84 bits per heavy atom. The predicted octanol–water partition coefficient (Wildman–Crippen LogP) is 1.95. The van der Waals surface area contributed by atoms with Crippen LogP contribution in [0.2, 0.25) is 0 Å². The largest absolute Gasteiger partial charge is 0.396 e. The van der Waals surface area contributed by atoms with Gasteiger partial charge in [0.15, 0.2) is 0 Å². The molecule has 0 spiro atoms. The van der Waals surface area contributed by atoms with Crippen LogP contribution in [0.15, 0.2) is 18.6 Å². The molecule has 0 saturated heterocycles. The lowest BCUT2D eigenvalue weighted by atomic mass is 9.86. The molecule has 0 amide bonds. The Kier molecular flexibility index (Phi) is 3.38. The van der Waals surface area contributed by atoms with Crippen LogP contribution in [-0.4, -0.2) is 39.8 Å². The van der Waals surface area contributed by atoms with Crippen molar-refractivity contribution in [2.45, 2.75) is 31.7 Å². The number of anilines is 1. The van der Waals surface area contributed by atoms with E-state index in [2.05, 4.69) is 26.9 Å². The Labute approximate surface area is 112 Å². The summed E-state index contributed by atoms with van der Waals surface area (Å²) < 4.78 is 0. The van der Waals surface area contributed by atoms with E-state index in [9.17, 15) is 5.11 Å². The van der Waals surface area contributed by atoms with Crippen LogP contribution in [0.4, 0.5) is 5.82 Å². The topological polar surface area (TPSA) is 65.0 Å². The Morgan fingerprint density at radius 1 is 1.32 bits per heavy atom. The van der Waals surface area contributed by atoms with Crippen LogP contribution in [0.5, 0.6) is 0 Å². The number of aromatic nitrogens is 3. The summed E-state index contributed by atoms with van der Waals surface area (Å²) >= 11 is 0. The lowest BCUT2D eigenvalue weighted by molar-refractivity contribution is 0.182. The summed E-state index contributed by atoms with van der Waals surface area (Å²) in [5.74, 6) is 1.49. The zero-order valence-corrected chi connectivity index (χ0v) is 11.2. The molecule has 0 bridgehead atoms. The first kappa shape index (κ1) is 12.4. The third-order valence-electron chi connectivity index (χ3n) is 4.29. The van der Waals surface area contributed by atoms with Gasteiger partial charge in [-0.25, -0.2) is 9.97 Å². The van der Waals surface area contributed by atoms with Gasteiger partial charge in [0.1, 0.15) is 17.8 Å². The van der Waals surface area contributed by atoms with Gasteiger partial charge in [-0.15, -0.1) is 0 Å². The predicted molar refractivity (Wildman–Crippen MR) is 75.1 cm³/mol. The number of rotatable bonds is 3. The monoisotopic (exact) mass is 260 g/mol. The number of nitrogens with one attached hydrogen (secondary N) is 1. The Bertz CT molecular complexity index is 545. The molecule has 0 aliphatic heterocycles. The molecule has 3 rings (SSSR count). The van der Waals surface area contributed by atoms with E-state index in [1.54, 1.807) is 6.33 Å². The lowest BCUT2D eigenvalue weighted by Gasteiger charge is -2.35. The van der Waals surface area contributed by atoms with Gasteiger partial charge in [-0.2, -0.15) is 0 Å². The van der Waals surface area contributed by atoms with Crippen molar-refractivity contribution in [2.24, 2.45) is 5.92 Å². The molecule has 1 aliphatic rings. The normalized spacial score (nSPS) is 23.7. The molecule has 0 unspecified atom stereocenters. The molecule has 1 saturated carbocycles. The standard InChI is InChI=1S/C14H20N4O/c1-18(11-4-2-10(8-19)3-5-11)14-12-6-7-15-13(12)16-9-17-14/h6-7,9-11,19H,2-5,8H2,1H3,(H,15,16,17)/t10-,11-. The number of nitrogens with zero attached hydrogens (tertiary/aromatic N) is 3. The summed E-state index contributed by atoms with van der Waals surface area (Å²) in [5, 5.41) is 10.3. The number of hydrogen-bond donors (Lipinski definition) is 2. The van der Waals surface area contributed by atoms with Gasteiger partial charge in [-0.05, 0) is 37.7 Å². The second-order valence-electron chi connectivity index (χ2n) is 5.41. The van der Waals surface area contributed by atoms with Crippen LogP contribution in [0.25, 0.3) is 11.0 Å². The fourth-order valence-corrected chi connectivity index (χ4v) is 3.03. The maximum absolute atomic E-state index is 9.21. The summed E-state index contributed by atoms with van der Waals surface area (Å²) in [6.45, 7) is 0.325. The van der Waals surface area contributed by atoms with Crippen LogP contribution in [0.3, 0.4) is 0 Å². The van der Waals surface area contributed by atoms with Gasteiger partial charge in [-0.3, -0.25) is 0 Å². The number of aliphatic hydroxyl groups excluding tert-OH is 1. The maximum Gasteiger partial charge on any atom is 0.142 e. The molecule has 102 valence electrons. The Morgan fingerprint density at radius 2 is 2.11 bits per heavy atom. The molecule has 2 aromatic heterocycles. The van der Waals surface area contributed by atoms with E-state index >= 15 is 0 Å². The van der Waals surface area contributed by atoms with E-state index in [0.29, 0.717) is 18.6 Å².